The maximum atomic E-state index is 13.4. The van der Waals surface area contributed by atoms with Crippen molar-refractivity contribution in [2.24, 2.45) is 4.99 Å². The Hall–Kier alpha value is -3.18. The fourth-order valence-corrected chi connectivity index (χ4v) is 5.19. The van der Waals surface area contributed by atoms with E-state index in [1.165, 1.54) is 0 Å². The molecular weight excluding hydrogens is 423 g/mol. The van der Waals surface area contributed by atoms with Crippen molar-refractivity contribution in [1.29, 1.82) is 0 Å². The summed E-state index contributed by atoms with van der Waals surface area (Å²) in [6.45, 7) is 4.06. The number of hydrogen-bond acceptors (Lipinski definition) is 5. The summed E-state index contributed by atoms with van der Waals surface area (Å²) in [5.41, 5.74) is 3.41. The van der Waals surface area contributed by atoms with Gasteiger partial charge in [0.15, 0.2) is 5.88 Å². The monoisotopic (exact) mass is 448 g/mol. The minimum Gasteiger partial charge on any atom is -0.494 e. The second-order valence-electron chi connectivity index (χ2n) is 7.07. The van der Waals surface area contributed by atoms with Crippen LogP contribution in [0, 0.1) is 0 Å². The van der Waals surface area contributed by atoms with Gasteiger partial charge in [0.25, 0.3) is 0 Å². The van der Waals surface area contributed by atoms with E-state index in [2.05, 4.69) is 4.98 Å². The minimum absolute atomic E-state index is 0.0154. The third-order valence-corrected chi connectivity index (χ3v) is 7.06. The zero-order valence-electron chi connectivity index (χ0n) is 18.0. The number of H-pyrrole nitrogens is 1. The van der Waals surface area contributed by atoms with E-state index in [4.69, 9.17) is 14.0 Å². The van der Waals surface area contributed by atoms with Crippen LogP contribution in [-0.2, 0) is 13.6 Å². The van der Waals surface area contributed by atoms with Crippen LogP contribution in [0.2, 0.25) is 0 Å². The molecule has 164 valence electrons. The molecule has 6 nitrogen and oxygen atoms in total. The maximum Gasteiger partial charge on any atom is 0.361 e. The first-order chi connectivity index (χ1) is 15.6. The van der Waals surface area contributed by atoms with Gasteiger partial charge in [0.05, 0.1) is 35.5 Å². The number of nitrogens with one attached hydrogen (secondary N) is 1. The van der Waals surface area contributed by atoms with E-state index in [0.29, 0.717) is 27.5 Å². The van der Waals surface area contributed by atoms with Crippen molar-refractivity contribution in [2.75, 3.05) is 13.2 Å². The van der Waals surface area contributed by atoms with Crippen molar-refractivity contribution in [3.05, 3.63) is 90.0 Å². The van der Waals surface area contributed by atoms with Gasteiger partial charge < -0.3 is 19.1 Å². The average Bonchev–Trinajstić information content (AvgIpc) is 3.14. The van der Waals surface area contributed by atoms with E-state index in [1.807, 2.05) is 60.7 Å². The summed E-state index contributed by atoms with van der Waals surface area (Å²) < 4.78 is 24.4. The molecular formula is C25H25N2O4P. The lowest BCUT2D eigenvalue weighted by molar-refractivity contribution is 0.230. The molecule has 0 atom stereocenters. The van der Waals surface area contributed by atoms with Gasteiger partial charge in [0, 0.05) is 16.5 Å². The van der Waals surface area contributed by atoms with Gasteiger partial charge in [0.2, 0.25) is 0 Å². The number of fused-ring (bicyclic) bond motifs is 1. The van der Waals surface area contributed by atoms with Crippen LogP contribution in [-0.4, -0.2) is 29.0 Å². The number of aromatic hydroxyl groups is 1. The van der Waals surface area contributed by atoms with E-state index >= 15 is 0 Å². The molecule has 3 aromatic carbocycles. The number of nitrogens with zero attached hydrogens (tertiary/aromatic N) is 1. The molecule has 32 heavy (non-hydrogen) atoms. The smallest absolute Gasteiger partial charge is 0.361 e. The molecule has 0 fully saturated rings. The number of aromatic nitrogens is 1. The molecule has 4 rings (SSSR count). The second-order valence-corrected chi connectivity index (χ2v) is 9.10. The quantitative estimate of drug-likeness (QED) is 0.258. The molecule has 0 spiro atoms. The predicted molar refractivity (Wildman–Crippen MR) is 129 cm³/mol. The molecule has 0 saturated carbocycles. The molecule has 0 radical (unpaired) electrons. The number of aliphatic imine (C=N–C) groups is 1. The lowest BCUT2D eigenvalue weighted by atomic mass is 10.0. The van der Waals surface area contributed by atoms with Crippen molar-refractivity contribution in [1.82, 2.24) is 4.98 Å². The van der Waals surface area contributed by atoms with Gasteiger partial charge in [0.1, 0.15) is 0 Å². The Morgan fingerprint density at radius 1 is 0.938 bits per heavy atom. The number of para-hydroxylation sites is 1. The largest absolute Gasteiger partial charge is 0.494 e. The summed E-state index contributed by atoms with van der Waals surface area (Å²) in [6.07, 6.45) is 0. The van der Waals surface area contributed by atoms with Crippen LogP contribution in [0.1, 0.15) is 25.0 Å². The van der Waals surface area contributed by atoms with Gasteiger partial charge in [-0.05, 0) is 44.2 Å². The van der Waals surface area contributed by atoms with Crippen LogP contribution in [0.3, 0.4) is 0 Å². The standard InChI is InChI=1S/C25H25N2O4P/c1-3-30-32(29,31-4-2)20-15-16-22-21(17-20)23(25(28)27-22)24(18-11-7-5-8-12-18)26-19-13-9-6-10-14-19/h5-17,27-28H,3-4H2,1-2H3. The molecule has 4 aromatic rings. The van der Waals surface area contributed by atoms with Gasteiger partial charge in [-0.15, -0.1) is 0 Å². The topological polar surface area (TPSA) is 83.9 Å². The SMILES string of the molecule is CCOP(=O)(OCC)c1ccc2[nH]c(O)c(C(=Nc3ccccc3)c3ccccc3)c2c1. The number of aromatic amines is 1. The highest BCUT2D eigenvalue weighted by Gasteiger charge is 2.28. The Morgan fingerprint density at radius 3 is 2.19 bits per heavy atom. The summed E-state index contributed by atoms with van der Waals surface area (Å²) in [6, 6.07) is 24.4. The van der Waals surface area contributed by atoms with E-state index < -0.39 is 7.60 Å². The minimum atomic E-state index is -3.49. The third kappa shape index (κ3) is 4.39. The molecule has 0 unspecified atom stereocenters. The normalized spacial score (nSPS) is 12.4. The Kier molecular flexibility index (Phi) is 6.56. The first kappa shape index (κ1) is 22.0. The maximum absolute atomic E-state index is 13.4. The summed E-state index contributed by atoms with van der Waals surface area (Å²) in [5.74, 6) is -0.0154. The lowest BCUT2D eigenvalue weighted by Crippen LogP contribution is -2.11. The predicted octanol–water partition coefficient (Wildman–Crippen LogP) is 5.93. The summed E-state index contributed by atoms with van der Waals surface area (Å²) in [4.78, 5) is 7.86. The highest BCUT2D eigenvalue weighted by molar-refractivity contribution is 7.62. The summed E-state index contributed by atoms with van der Waals surface area (Å²) >= 11 is 0. The molecule has 0 amide bonds. The van der Waals surface area contributed by atoms with Gasteiger partial charge in [-0.3, -0.25) is 4.57 Å². The van der Waals surface area contributed by atoms with Crippen molar-refractivity contribution >= 4 is 35.2 Å². The number of benzene rings is 3. The van der Waals surface area contributed by atoms with Crippen LogP contribution in [0.5, 0.6) is 5.88 Å². The zero-order chi connectivity index (χ0) is 22.6. The molecule has 0 aliphatic heterocycles. The molecule has 0 aliphatic carbocycles. The van der Waals surface area contributed by atoms with Crippen LogP contribution < -0.4 is 5.30 Å². The third-order valence-electron chi connectivity index (χ3n) is 4.96. The number of rotatable bonds is 8. The van der Waals surface area contributed by atoms with Crippen molar-refractivity contribution in [3.63, 3.8) is 0 Å². The highest BCUT2D eigenvalue weighted by Crippen LogP contribution is 2.47. The van der Waals surface area contributed by atoms with E-state index in [0.717, 1.165) is 11.3 Å². The Labute approximate surface area is 187 Å². The van der Waals surface area contributed by atoms with Crippen molar-refractivity contribution in [3.8, 4) is 5.88 Å². The Bertz CT molecular complexity index is 1270. The van der Waals surface area contributed by atoms with Crippen LogP contribution >= 0.6 is 7.60 Å². The van der Waals surface area contributed by atoms with E-state index in [1.54, 1.807) is 32.0 Å². The fraction of sp³-hybridized carbons (Fsp3) is 0.160. The summed E-state index contributed by atoms with van der Waals surface area (Å²) in [7, 11) is -3.49. The first-order valence-electron chi connectivity index (χ1n) is 10.5. The first-order valence-corrected chi connectivity index (χ1v) is 12.0. The molecule has 0 aliphatic rings. The Morgan fingerprint density at radius 2 is 1.56 bits per heavy atom. The van der Waals surface area contributed by atoms with Crippen LogP contribution in [0.15, 0.2) is 83.9 Å². The Balaban J connectivity index is 1.95. The van der Waals surface area contributed by atoms with E-state index in [9.17, 15) is 9.67 Å². The van der Waals surface area contributed by atoms with Crippen LogP contribution in [0.25, 0.3) is 10.9 Å². The lowest BCUT2D eigenvalue weighted by Gasteiger charge is -2.17. The van der Waals surface area contributed by atoms with Gasteiger partial charge >= 0.3 is 7.60 Å². The summed E-state index contributed by atoms with van der Waals surface area (Å²) in [5, 5.41) is 12.0. The van der Waals surface area contributed by atoms with Crippen LogP contribution in [0.4, 0.5) is 5.69 Å². The zero-order valence-corrected chi connectivity index (χ0v) is 18.9. The average molecular weight is 448 g/mol. The molecule has 7 heteroatoms. The molecule has 1 heterocycles. The highest BCUT2D eigenvalue weighted by atomic mass is 31.2. The van der Waals surface area contributed by atoms with Gasteiger partial charge in [-0.2, -0.15) is 0 Å². The van der Waals surface area contributed by atoms with Crippen molar-refractivity contribution in [2.45, 2.75) is 13.8 Å². The van der Waals surface area contributed by atoms with E-state index in [-0.39, 0.29) is 19.1 Å². The van der Waals surface area contributed by atoms with Gasteiger partial charge in [-0.25, -0.2) is 4.99 Å². The molecule has 0 bridgehead atoms. The fourth-order valence-electron chi connectivity index (χ4n) is 3.59. The molecule has 1 aromatic heterocycles. The molecule has 0 saturated heterocycles. The number of hydrogen-bond donors (Lipinski definition) is 2. The van der Waals surface area contributed by atoms with Gasteiger partial charge in [-0.1, -0.05) is 48.5 Å². The second kappa shape index (κ2) is 9.53. The van der Waals surface area contributed by atoms with Crippen molar-refractivity contribution < 1.29 is 18.7 Å². The molecule has 2 N–H and O–H groups in total.